The third-order valence-corrected chi connectivity index (χ3v) is 8.96. The summed E-state index contributed by atoms with van der Waals surface area (Å²) < 4.78 is 68.2. The fourth-order valence-corrected chi connectivity index (χ4v) is 6.33. The van der Waals surface area contributed by atoms with E-state index in [9.17, 15) is 19.4 Å². The first kappa shape index (κ1) is 32.8. The van der Waals surface area contributed by atoms with Crippen LogP contribution in [0.3, 0.4) is 0 Å². The molecule has 0 aliphatic heterocycles. The van der Waals surface area contributed by atoms with Crippen LogP contribution in [0, 0.1) is 30.2 Å². The first-order valence-corrected chi connectivity index (χ1v) is 15.8. The number of carbonyl (C=O) groups is 1. The van der Waals surface area contributed by atoms with Gasteiger partial charge in [0.05, 0.1) is 38.5 Å². The number of amides is 1. The number of aryl methyl sites for hydroxylation is 1. The van der Waals surface area contributed by atoms with E-state index in [1.54, 1.807) is 30.3 Å². The van der Waals surface area contributed by atoms with Crippen LogP contribution in [-0.4, -0.2) is 38.7 Å². The molecule has 244 valence electrons. The van der Waals surface area contributed by atoms with Crippen molar-refractivity contribution in [2.75, 3.05) is 6.54 Å². The van der Waals surface area contributed by atoms with Crippen LogP contribution in [-0.2, 0) is 11.2 Å². The van der Waals surface area contributed by atoms with Crippen molar-refractivity contribution in [1.82, 2.24) is 15.3 Å². The van der Waals surface area contributed by atoms with Gasteiger partial charge in [0.2, 0.25) is 0 Å². The van der Waals surface area contributed by atoms with Gasteiger partial charge >= 0.3 is 0 Å². The van der Waals surface area contributed by atoms with Crippen LogP contribution in [0.25, 0.3) is 21.5 Å². The lowest BCUT2D eigenvalue weighted by atomic mass is 9.85. The van der Waals surface area contributed by atoms with Crippen molar-refractivity contribution < 1.29 is 37.3 Å². The number of thiazole rings is 1. The highest BCUT2D eigenvalue weighted by atomic mass is 35.5. The molecule has 3 N–H and O–H groups in total. The molecule has 1 saturated carbocycles. The smallest absolute Gasteiger partial charge is 0.251 e. The lowest BCUT2D eigenvalue weighted by Gasteiger charge is -2.32. The normalized spacial score (nSPS) is 14.7. The average molecular weight is 686 g/mol. The molecule has 13 heteroatoms. The van der Waals surface area contributed by atoms with Crippen molar-refractivity contribution in [3.63, 3.8) is 0 Å². The van der Waals surface area contributed by atoms with Gasteiger partial charge in [-0.25, -0.2) is 27.5 Å². The molecule has 1 amide bonds. The minimum atomic E-state index is -2.50. The number of hydrogen-bond donors (Lipinski definition) is 3. The summed E-state index contributed by atoms with van der Waals surface area (Å²) in [6.45, 7) is 3.33. The second-order valence-corrected chi connectivity index (χ2v) is 13.5. The highest BCUT2D eigenvalue weighted by Crippen LogP contribution is 2.40. The molecule has 1 aliphatic carbocycles. The number of carbonyl (C=O) groups excluding carboxylic acids is 1. The van der Waals surface area contributed by atoms with Crippen LogP contribution in [0.15, 0.2) is 54.6 Å². The number of halogens is 5. The molecule has 47 heavy (non-hydrogen) atoms. The van der Waals surface area contributed by atoms with E-state index in [4.69, 9.17) is 16.3 Å². The van der Waals surface area contributed by atoms with Gasteiger partial charge in [0.25, 0.3) is 5.91 Å². The number of aliphatic hydroxyl groups is 2. The summed E-state index contributed by atoms with van der Waals surface area (Å²) in [6, 6.07) is 11.9. The Balaban J connectivity index is 1.48. The highest BCUT2D eigenvalue weighted by Gasteiger charge is 2.42. The van der Waals surface area contributed by atoms with Crippen LogP contribution in [0.2, 0.25) is 5.02 Å². The molecule has 3 aromatic carbocycles. The standard InChI is InChI=1S/C34H28ClF4N3O4S/c1-16-41-30-24(46-19-9-10-19)11-17(12-25(30)47-16)32(43)40-15-34(45,18-7-5-4-6-8-18)31-28(39)26(33(2,3)44)27(38)29(42-31)20-13-21(35)23(37)14-22(20)36/h4-8,11-14,19,44-45H,9-10,15H2,1-3H3,(H,40,43)/t34-/m1/s1. The van der Waals surface area contributed by atoms with Crippen LogP contribution in [0.4, 0.5) is 17.6 Å². The fourth-order valence-electron chi connectivity index (χ4n) is 5.28. The Kier molecular flexibility index (Phi) is 8.50. The number of nitrogens with one attached hydrogen (secondary N) is 1. The Bertz CT molecular complexity index is 2030. The molecule has 0 radical (unpaired) electrons. The zero-order valence-electron chi connectivity index (χ0n) is 25.3. The fraction of sp³-hybridized carbons (Fsp3) is 0.265. The molecule has 0 unspecified atom stereocenters. The summed E-state index contributed by atoms with van der Waals surface area (Å²) in [5, 5.41) is 25.9. The van der Waals surface area contributed by atoms with Crippen LogP contribution >= 0.6 is 22.9 Å². The average Bonchev–Trinajstić information content (AvgIpc) is 3.75. The maximum absolute atomic E-state index is 16.4. The van der Waals surface area contributed by atoms with E-state index in [0.29, 0.717) is 22.0 Å². The topological polar surface area (TPSA) is 105 Å². The number of pyridine rings is 1. The van der Waals surface area contributed by atoms with Gasteiger partial charge in [-0.1, -0.05) is 41.9 Å². The molecule has 1 fully saturated rings. The van der Waals surface area contributed by atoms with Crippen LogP contribution < -0.4 is 10.1 Å². The summed E-state index contributed by atoms with van der Waals surface area (Å²) in [4.78, 5) is 22.2. The van der Waals surface area contributed by atoms with Gasteiger partial charge in [0.15, 0.2) is 17.2 Å². The SMILES string of the molecule is Cc1nc2c(OC3CC3)cc(C(=O)NC[C@@](O)(c3ccccc3)c3nc(-c4cc(Cl)c(F)cc4F)c(F)c(C(C)(C)O)c3F)cc2s1. The van der Waals surface area contributed by atoms with Crippen LogP contribution in [0.5, 0.6) is 5.75 Å². The summed E-state index contributed by atoms with van der Waals surface area (Å²) in [6.07, 6.45) is 1.78. The molecule has 2 aromatic heterocycles. The number of aromatic nitrogens is 2. The summed E-state index contributed by atoms with van der Waals surface area (Å²) in [5.41, 5.74) is -7.12. The van der Waals surface area contributed by atoms with E-state index in [1.807, 2.05) is 6.92 Å². The number of ether oxygens (including phenoxy) is 1. The predicted molar refractivity (Wildman–Crippen MR) is 170 cm³/mol. The van der Waals surface area contributed by atoms with Gasteiger partial charge < -0.3 is 20.3 Å². The molecule has 6 rings (SSSR count). The Morgan fingerprint density at radius 3 is 2.38 bits per heavy atom. The summed E-state index contributed by atoms with van der Waals surface area (Å²) in [5.74, 6) is -5.50. The Morgan fingerprint density at radius 1 is 1.02 bits per heavy atom. The number of benzene rings is 3. The molecular weight excluding hydrogens is 658 g/mol. The zero-order valence-corrected chi connectivity index (χ0v) is 26.9. The van der Waals surface area contributed by atoms with Gasteiger partial charge in [0, 0.05) is 17.2 Å². The number of hydrogen-bond acceptors (Lipinski definition) is 7. The molecule has 0 saturated heterocycles. The molecule has 5 aromatic rings. The molecule has 0 spiro atoms. The zero-order chi connectivity index (χ0) is 33.8. The van der Waals surface area contributed by atoms with Gasteiger partial charge in [-0.2, -0.15) is 0 Å². The minimum absolute atomic E-state index is 0.0224. The summed E-state index contributed by atoms with van der Waals surface area (Å²) >= 11 is 7.24. The van der Waals surface area contributed by atoms with Crippen molar-refractivity contribution in [1.29, 1.82) is 0 Å². The van der Waals surface area contributed by atoms with Crippen LogP contribution in [0.1, 0.15) is 58.9 Å². The quantitative estimate of drug-likeness (QED) is 0.111. The number of nitrogens with zero attached hydrogens (tertiary/aromatic N) is 2. The van der Waals surface area contributed by atoms with E-state index < -0.39 is 74.5 Å². The van der Waals surface area contributed by atoms with Crippen molar-refractivity contribution in [3.8, 4) is 17.0 Å². The van der Waals surface area contributed by atoms with Crippen molar-refractivity contribution in [2.45, 2.75) is 50.9 Å². The lowest BCUT2D eigenvalue weighted by molar-refractivity contribution is 0.0557. The van der Waals surface area contributed by atoms with Crippen molar-refractivity contribution in [2.24, 2.45) is 0 Å². The van der Waals surface area contributed by atoms with Gasteiger partial charge in [0.1, 0.15) is 34.3 Å². The Labute approximate surface area is 275 Å². The monoisotopic (exact) mass is 685 g/mol. The predicted octanol–water partition coefficient (Wildman–Crippen LogP) is 7.31. The number of rotatable bonds is 9. The van der Waals surface area contributed by atoms with E-state index in [0.717, 1.165) is 37.8 Å². The van der Waals surface area contributed by atoms with E-state index in [-0.39, 0.29) is 17.2 Å². The van der Waals surface area contributed by atoms with Gasteiger partial charge in [-0.15, -0.1) is 11.3 Å². The van der Waals surface area contributed by atoms with Crippen molar-refractivity contribution in [3.05, 3.63) is 110 Å². The Morgan fingerprint density at radius 2 is 1.72 bits per heavy atom. The molecule has 1 atom stereocenters. The van der Waals surface area contributed by atoms with E-state index in [2.05, 4.69) is 15.3 Å². The first-order valence-electron chi connectivity index (χ1n) is 14.6. The lowest BCUT2D eigenvalue weighted by Crippen LogP contribution is -2.43. The second-order valence-electron chi connectivity index (χ2n) is 11.9. The number of fused-ring (bicyclic) bond motifs is 1. The largest absolute Gasteiger partial charge is 0.488 e. The van der Waals surface area contributed by atoms with Gasteiger partial charge in [-0.05, 0) is 57.4 Å². The Hall–Kier alpha value is -4.10. The first-order chi connectivity index (χ1) is 22.2. The maximum Gasteiger partial charge on any atom is 0.251 e. The maximum atomic E-state index is 16.4. The van der Waals surface area contributed by atoms with Crippen molar-refractivity contribution >= 4 is 39.1 Å². The molecule has 1 aliphatic rings. The highest BCUT2D eigenvalue weighted by molar-refractivity contribution is 7.18. The third kappa shape index (κ3) is 6.30. The van der Waals surface area contributed by atoms with E-state index >= 15 is 13.2 Å². The summed E-state index contributed by atoms with van der Waals surface area (Å²) in [7, 11) is 0. The van der Waals surface area contributed by atoms with Gasteiger partial charge in [-0.3, -0.25) is 4.79 Å². The third-order valence-electron chi connectivity index (χ3n) is 7.75. The molecular formula is C34H28ClF4N3O4S. The molecule has 0 bridgehead atoms. The second kappa shape index (κ2) is 12.2. The minimum Gasteiger partial charge on any atom is -0.488 e. The molecule has 2 heterocycles. The van der Waals surface area contributed by atoms with E-state index in [1.165, 1.54) is 23.5 Å². The molecule has 7 nitrogen and oxygen atoms in total.